The monoisotopic (exact) mass is 339 g/mol. The fourth-order valence-corrected chi connectivity index (χ4v) is 3.20. The molecule has 2 heterocycles. The van der Waals surface area contributed by atoms with Crippen molar-refractivity contribution in [3.8, 4) is 0 Å². The summed E-state index contributed by atoms with van der Waals surface area (Å²) >= 11 is 3.50. The molecule has 0 amide bonds. The molecule has 1 aliphatic heterocycles. The number of hydrogen-bond donors (Lipinski definition) is 1. The van der Waals surface area contributed by atoms with Crippen molar-refractivity contribution >= 4 is 21.7 Å². The summed E-state index contributed by atoms with van der Waals surface area (Å²) in [6.07, 6.45) is 5.75. The zero-order valence-electron chi connectivity index (χ0n) is 13.0. The minimum absolute atomic E-state index is 0.172. The molecule has 0 aliphatic carbocycles. The Balaban J connectivity index is 2.14. The number of piperidine rings is 1. The molecular formula is C16H26BrN3. The molecule has 0 saturated carbocycles. The number of rotatable bonds is 3. The lowest BCUT2D eigenvalue weighted by Crippen LogP contribution is -2.50. The maximum atomic E-state index is 4.65. The van der Waals surface area contributed by atoms with Crippen molar-refractivity contribution in [1.29, 1.82) is 0 Å². The normalized spacial score (nSPS) is 20.2. The third-order valence-corrected chi connectivity index (χ3v) is 4.22. The molecule has 1 N–H and O–H groups in total. The Kier molecular flexibility index (Phi) is 5.08. The van der Waals surface area contributed by atoms with Gasteiger partial charge in [0, 0.05) is 35.3 Å². The van der Waals surface area contributed by atoms with Gasteiger partial charge in [0.2, 0.25) is 0 Å². The van der Waals surface area contributed by atoms with E-state index in [9.17, 15) is 0 Å². The molecule has 1 saturated heterocycles. The van der Waals surface area contributed by atoms with E-state index in [1.54, 1.807) is 0 Å². The van der Waals surface area contributed by atoms with E-state index in [2.05, 4.69) is 64.9 Å². The summed E-state index contributed by atoms with van der Waals surface area (Å²) in [5, 5.41) is 3.64. The largest absolute Gasteiger partial charge is 0.352 e. The van der Waals surface area contributed by atoms with Crippen LogP contribution in [0.25, 0.3) is 0 Å². The van der Waals surface area contributed by atoms with E-state index in [1.165, 1.54) is 24.8 Å². The number of halogens is 1. The first-order chi connectivity index (χ1) is 9.37. The first-order valence-electron chi connectivity index (χ1n) is 7.50. The van der Waals surface area contributed by atoms with Crippen molar-refractivity contribution in [2.45, 2.75) is 58.5 Å². The minimum Gasteiger partial charge on any atom is -0.352 e. The van der Waals surface area contributed by atoms with Gasteiger partial charge in [-0.3, -0.25) is 0 Å². The van der Waals surface area contributed by atoms with Crippen LogP contribution in [-0.2, 0) is 0 Å². The topological polar surface area (TPSA) is 28.2 Å². The molecule has 1 aromatic heterocycles. The molecule has 0 bridgehead atoms. The number of nitrogens with one attached hydrogen (secondary N) is 1. The standard InChI is InChI=1S/C16H26BrN3/c1-12-9-13(17)10-18-15(12)20-8-6-5-7-14(20)11-19-16(2,3)4/h9-10,14,19H,5-8,11H2,1-4H3. The van der Waals surface area contributed by atoms with Gasteiger partial charge in [0.1, 0.15) is 5.82 Å². The molecule has 0 spiro atoms. The van der Waals surface area contributed by atoms with Gasteiger partial charge in [-0.15, -0.1) is 0 Å². The van der Waals surface area contributed by atoms with Crippen molar-refractivity contribution in [3.63, 3.8) is 0 Å². The SMILES string of the molecule is Cc1cc(Br)cnc1N1CCCCC1CNC(C)(C)C. The number of nitrogens with zero attached hydrogens (tertiary/aromatic N) is 2. The summed E-state index contributed by atoms with van der Waals surface area (Å²) in [5.74, 6) is 1.15. The van der Waals surface area contributed by atoms with Crippen molar-refractivity contribution in [3.05, 3.63) is 22.3 Å². The molecular weight excluding hydrogens is 314 g/mol. The average molecular weight is 340 g/mol. The van der Waals surface area contributed by atoms with Gasteiger partial charge in [-0.2, -0.15) is 0 Å². The van der Waals surface area contributed by atoms with Gasteiger partial charge in [-0.1, -0.05) is 0 Å². The highest BCUT2D eigenvalue weighted by Gasteiger charge is 2.25. The minimum atomic E-state index is 0.172. The van der Waals surface area contributed by atoms with Crippen LogP contribution in [0.1, 0.15) is 45.6 Å². The maximum Gasteiger partial charge on any atom is 0.131 e. The molecule has 3 nitrogen and oxygen atoms in total. The molecule has 0 aromatic carbocycles. The van der Waals surface area contributed by atoms with Gasteiger partial charge in [-0.25, -0.2) is 4.98 Å². The number of pyridine rings is 1. The second kappa shape index (κ2) is 6.44. The van der Waals surface area contributed by atoms with Crippen molar-refractivity contribution < 1.29 is 0 Å². The predicted molar refractivity (Wildman–Crippen MR) is 89.4 cm³/mol. The summed E-state index contributed by atoms with van der Waals surface area (Å²) in [7, 11) is 0. The number of hydrogen-bond acceptors (Lipinski definition) is 3. The molecule has 1 aromatic rings. The summed E-state index contributed by atoms with van der Waals surface area (Å²) in [6, 6.07) is 2.71. The Hall–Kier alpha value is -0.610. The zero-order chi connectivity index (χ0) is 14.8. The van der Waals surface area contributed by atoms with Crippen LogP contribution in [0.4, 0.5) is 5.82 Å². The second-order valence-corrected chi connectivity index (χ2v) is 7.68. The van der Waals surface area contributed by atoms with Crippen LogP contribution in [0, 0.1) is 6.92 Å². The van der Waals surface area contributed by atoms with Crippen LogP contribution in [0.5, 0.6) is 0 Å². The maximum absolute atomic E-state index is 4.65. The van der Waals surface area contributed by atoms with Gasteiger partial charge in [0.05, 0.1) is 0 Å². The Morgan fingerprint density at radius 1 is 1.40 bits per heavy atom. The Morgan fingerprint density at radius 2 is 2.15 bits per heavy atom. The van der Waals surface area contributed by atoms with E-state index in [1.807, 2.05) is 6.20 Å². The summed E-state index contributed by atoms with van der Waals surface area (Å²) in [4.78, 5) is 7.14. The van der Waals surface area contributed by atoms with Gasteiger partial charge >= 0.3 is 0 Å². The van der Waals surface area contributed by atoms with Crippen molar-refractivity contribution in [2.24, 2.45) is 0 Å². The Labute approximate surface area is 131 Å². The van der Waals surface area contributed by atoms with Crippen LogP contribution in [-0.4, -0.2) is 29.7 Å². The fraction of sp³-hybridized carbons (Fsp3) is 0.688. The van der Waals surface area contributed by atoms with Gasteiger partial charge in [-0.05, 0) is 74.5 Å². The first kappa shape index (κ1) is 15.8. The average Bonchev–Trinajstić information content (AvgIpc) is 2.36. The molecule has 2 rings (SSSR count). The summed E-state index contributed by atoms with van der Waals surface area (Å²) in [5.41, 5.74) is 1.42. The number of aryl methyl sites for hydroxylation is 1. The molecule has 1 atom stereocenters. The first-order valence-corrected chi connectivity index (χ1v) is 8.30. The predicted octanol–water partition coefficient (Wildman–Crippen LogP) is 3.90. The molecule has 1 aliphatic rings. The van der Waals surface area contributed by atoms with Gasteiger partial charge < -0.3 is 10.2 Å². The van der Waals surface area contributed by atoms with Crippen LogP contribution in [0.2, 0.25) is 0 Å². The Morgan fingerprint density at radius 3 is 2.80 bits per heavy atom. The quantitative estimate of drug-likeness (QED) is 0.905. The Bertz CT molecular complexity index is 454. The van der Waals surface area contributed by atoms with Gasteiger partial charge in [0.15, 0.2) is 0 Å². The van der Waals surface area contributed by atoms with E-state index in [-0.39, 0.29) is 5.54 Å². The highest BCUT2D eigenvalue weighted by Crippen LogP contribution is 2.27. The van der Waals surface area contributed by atoms with Crippen molar-refractivity contribution in [1.82, 2.24) is 10.3 Å². The van der Waals surface area contributed by atoms with Crippen LogP contribution in [0.3, 0.4) is 0 Å². The third kappa shape index (κ3) is 4.19. The summed E-state index contributed by atoms with van der Waals surface area (Å²) in [6.45, 7) is 11.0. The molecule has 20 heavy (non-hydrogen) atoms. The zero-order valence-corrected chi connectivity index (χ0v) is 14.6. The van der Waals surface area contributed by atoms with E-state index >= 15 is 0 Å². The number of anilines is 1. The summed E-state index contributed by atoms with van der Waals surface area (Å²) < 4.78 is 1.06. The lowest BCUT2D eigenvalue weighted by molar-refractivity contribution is 0.365. The molecule has 0 radical (unpaired) electrons. The third-order valence-electron chi connectivity index (χ3n) is 3.78. The van der Waals surface area contributed by atoms with E-state index in [4.69, 9.17) is 0 Å². The second-order valence-electron chi connectivity index (χ2n) is 6.77. The lowest BCUT2D eigenvalue weighted by atomic mass is 10.00. The molecule has 1 fully saturated rings. The van der Waals surface area contributed by atoms with Crippen LogP contribution >= 0.6 is 15.9 Å². The molecule has 112 valence electrons. The van der Waals surface area contributed by atoms with E-state index < -0.39 is 0 Å². The highest BCUT2D eigenvalue weighted by atomic mass is 79.9. The fourth-order valence-electron chi connectivity index (χ4n) is 2.75. The van der Waals surface area contributed by atoms with Crippen LogP contribution in [0.15, 0.2) is 16.7 Å². The number of aromatic nitrogens is 1. The van der Waals surface area contributed by atoms with Crippen molar-refractivity contribution in [2.75, 3.05) is 18.0 Å². The lowest BCUT2D eigenvalue weighted by Gasteiger charge is -2.39. The highest BCUT2D eigenvalue weighted by molar-refractivity contribution is 9.10. The molecule has 4 heteroatoms. The van der Waals surface area contributed by atoms with Crippen LogP contribution < -0.4 is 10.2 Å². The van der Waals surface area contributed by atoms with E-state index in [0.717, 1.165) is 23.4 Å². The molecule has 1 unspecified atom stereocenters. The smallest absolute Gasteiger partial charge is 0.131 e. The van der Waals surface area contributed by atoms with E-state index in [0.29, 0.717) is 6.04 Å². The van der Waals surface area contributed by atoms with Gasteiger partial charge in [0.25, 0.3) is 0 Å².